The summed E-state index contributed by atoms with van der Waals surface area (Å²) in [5, 5.41) is 21.9. The Morgan fingerprint density at radius 3 is 2.52 bits per heavy atom. The number of nitrogens with one attached hydrogen (secondary N) is 3. The SMILES string of the molecule is COc1cc(OCCNC(Cc2ccc(Cl)cc2)C2(O)CCNCC2)c(NC(C)=O)cc1Cl. The van der Waals surface area contributed by atoms with Gasteiger partial charge in [0.15, 0.2) is 0 Å². The van der Waals surface area contributed by atoms with E-state index < -0.39 is 5.60 Å². The van der Waals surface area contributed by atoms with Crippen LogP contribution < -0.4 is 25.4 Å². The number of hydrogen-bond donors (Lipinski definition) is 4. The predicted octanol–water partition coefficient (Wildman–Crippen LogP) is 3.65. The molecule has 1 atom stereocenters. The van der Waals surface area contributed by atoms with Gasteiger partial charge in [-0.05, 0) is 56.1 Å². The zero-order valence-corrected chi connectivity index (χ0v) is 20.4. The Kier molecular flexibility index (Phi) is 9.23. The number of ether oxygens (including phenoxy) is 2. The molecule has 0 radical (unpaired) electrons. The van der Waals surface area contributed by atoms with E-state index in [-0.39, 0.29) is 11.9 Å². The van der Waals surface area contributed by atoms with E-state index in [2.05, 4.69) is 16.0 Å². The van der Waals surface area contributed by atoms with E-state index in [1.165, 1.54) is 14.0 Å². The van der Waals surface area contributed by atoms with Gasteiger partial charge in [0.2, 0.25) is 5.91 Å². The zero-order valence-electron chi connectivity index (χ0n) is 18.9. The number of piperidine rings is 1. The third kappa shape index (κ3) is 7.22. The van der Waals surface area contributed by atoms with Crippen LogP contribution in [0.4, 0.5) is 5.69 Å². The number of rotatable bonds is 10. The number of halogens is 2. The van der Waals surface area contributed by atoms with Crippen LogP contribution >= 0.6 is 23.2 Å². The Hall–Kier alpha value is -2.03. The number of benzene rings is 2. The predicted molar refractivity (Wildman–Crippen MR) is 132 cm³/mol. The molecule has 2 aromatic rings. The highest BCUT2D eigenvalue weighted by atomic mass is 35.5. The van der Waals surface area contributed by atoms with Crippen molar-refractivity contribution >= 4 is 34.8 Å². The quantitative estimate of drug-likeness (QED) is 0.376. The maximum absolute atomic E-state index is 11.6. The number of hydrogen-bond acceptors (Lipinski definition) is 6. The van der Waals surface area contributed by atoms with Crippen molar-refractivity contribution in [1.29, 1.82) is 0 Å². The number of carbonyl (C=O) groups is 1. The molecule has 1 aliphatic rings. The fourth-order valence-corrected chi connectivity index (χ4v) is 4.38. The third-order valence-electron chi connectivity index (χ3n) is 5.79. The van der Waals surface area contributed by atoms with Gasteiger partial charge in [-0.3, -0.25) is 4.79 Å². The molecule has 180 valence electrons. The maximum Gasteiger partial charge on any atom is 0.221 e. The minimum Gasteiger partial charge on any atom is -0.495 e. The van der Waals surface area contributed by atoms with Crippen LogP contribution in [0, 0.1) is 0 Å². The number of carbonyl (C=O) groups excluding carboxylic acids is 1. The lowest BCUT2D eigenvalue weighted by molar-refractivity contribution is -0.114. The van der Waals surface area contributed by atoms with Crippen molar-refractivity contribution in [2.75, 3.05) is 38.7 Å². The highest BCUT2D eigenvalue weighted by Gasteiger charge is 2.37. The molecule has 1 saturated heterocycles. The minimum absolute atomic E-state index is 0.154. The Morgan fingerprint density at radius 2 is 1.88 bits per heavy atom. The highest BCUT2D eigenvalue weighted by molar-refractivity contribution is 6.32. The second kappa shape index (κ2) is 11.9. The van der Waals surface area contributed by atoms with Crippen molar-refractivity contribution in [2.24, 2.45) is 0 Å². The molecular weight excluding hydrogens is 465 g/mol. The van der Waals surface area contributed by atoms with Crippen molar-refractivity contribution in [3.05, 3.63) is 52.0 Å². The van der Waals surface area contributed by atoms with Gasteiger partial charge in [0.05, 0.1) is 23.4 Å². The number of aliphatic hydroxyl groups is 1. The van der Waals surface area contributed by atoms with Gasteiger partial charge < -0.3 is 30.5 Å². The molecule has 0 saturated carbocycles. The van der Waals surface area contributed by atoms with Crippen LogP contribution in [0.25, 0.3) is 0 Å². The first kappa shape index (κ1) is 25.6. The minimum atomic E-state index is -0.824. The topological polar surface area (TPSA) is 91.8 Å². The average Bonchev–Trinajstić information content (AvgIpc) is 2.78. The largest absolute Gasteiger partial charge is 0.495 e. The lowest BCUT2D eigenvalue weighted by atomic mass is 9.82. The van der Waals surface area contributed by atoms with Crippen LogP contribution in [0.15, 0.2) is 36.4 Å². The molecule has 0 bridgehead atoms. The van der Waals surface area contributed by atoms with E-state index in [1.54, 1.807) is 12.1 Å². The molecular formula is C24H31Cl2N3O4. The van der Waals surface area contributed by atoms with Crippen LogP contribution in [-0.4, -0.2) is 56.0 Å². The Morgan fingerprint density at radius 1 is 1.18 bits per heavy atom. The molecule has 1 heterocycles. The van der Waals surface area contributed by atoms with E-state index in [1.807, 2.05) is 24.3 Å². The summed E-state index contributed by atoms with van der Waals surface area (Å²) in [7, 11) is 1.52. The van der Waals surface area contributed by atoms with Crippen molar-refractivity contribution in [2.45, 2.75) is 37.8 Å². The van der Waals surface area contributed by atoms with Gasteiger partial charge >= 0.3 is 0 Å². The molecule has 3 rings (SSSR count). The van der Waals surface area contributed by atoms with E-state index in [0.29, 0.717) is 59.6 Å². The molecule has 1 aliphatic heterocycles. The normalized spacial score (nSPS) is 16.2. The lowest BCUT2D eigenvalue weighted by Crippen LogP contribution is -2.57. The van der Waals surface area contributed by atoms with Crippen LogP contribution in [0.5, 0.6) is 11.5 Å². The van der Waals surface area contributed by atoms with Gasteiger partial charge in [0, 0.05) is 30.6 Å². The fraction of sp³-hybridized carbons (Fsp3) is 0.458. The fourth-order valence-electron chi connectivity index (χ4n) is 4.01. The van der Waals surface area contributed by atoms with Gasteiger partial charge in [-0.1, -0.05) is 35.3 Å². The number of anilines is 1. The first-order valence-electron chi connectivity index (χ1n) is 11.0. The Balaban J connectivity index is 1.67. The monoisotopic (exact) mass is 495 g/mol. The van der Waals surface area contributed by atoms with Gasteiger partial charge in [0.1, 0.15) is 18.1 Å². The van der Waals surface area contributed by atoms with Gasteiger partial charge in [-0.2, -0.15) is 0 Å². The van der Waals surface area contributed by atoms with Crippen molar-refractivity contribution in [3.63, 3.8) is 0 Å². The maximum atomic E-state index is 11.6. The summed E-state index contributed by atoms with van der Waals surface area (Å²) in [6.07, 6.45) is 2.00. The first-order valence-corrected chi connectivity index (χ1v) is 11.7. The number of methoxy groups -OCH3 is 1. The molecule has 1 amide bonds. The zero-order chi connectivity index (χ0) is 23.8. The molecule has 0 aliphatic carbocycles. The molecule has 1 unspecified atom stereocenters. The summed E-state index contributed by atoms with van der Waals surface area (Å²) in [5.41, 5.74) is 0.749. The first-order chi connectivity index (χ1) is 15.8. The van der Waals surface area contributed by atoms with Crippen LogP contribution in [-0.2, 0) is 11.2 Å². The molecule has 1 fully saturated rings. The molecule has 9 heteroatoms. The smallest absolute Gasteiger partial charge is 0.221 e. The van der Waals surface area contributed by atoms with Crippen molar-refractivity contribution < 1.29 is 19.4 Å². The van der Waals surface area contributed by atoms with E-state index >= 15 is 0 Å². The average molecular weight is 496 g/mol. The van der Waals surface area contributed by atoms with E-state index in [4.69, 9.17) is 32.7 Å². The summed E-state index contributed by atoms with van der Waals surface area (Å²) in [5.74, 6) is 0.691. The molecule has 0 aromatic heterocycles. The van der Waals surface area contributed by atoms with Gasteiger partial charge in [-0.15, -0.1) is 0 Å². The van der Waals surface area contributed by atoms with E-state index in [0.717, 1.165) is 18.7 Å². The summed E-state index contributed by atoms with van der Waals surface area (Å²) in [4.78, 5) is 11.6. The van der Waals surface area contributed by atoms with Crippen LogP contribution in [0.1, 0.15) is 25.3 Å². The number of amides is 1. The molecule has 0 spiro atoms. The van der Waals surface area contributed by atoms with Crippen LogP contribution in [0.2, 0.25) is 10.0 Å². The lowest BCUT2D eigenvalue weighted by Gasteiger charge is -2.40. The summed E-state index contributed by atoms with van der Waals surface area (Å²) in [6.45, 7) is 3.79. The third-order valence-corrected chi connectivity index (χ3v) is 6.33. The van der Waals surface area contributed by atoms with E-state index in [9.17, 15) is 9.90 Å². The molecule has 2 aromatic carbocycles. The Bertz CT molecular complexity index is 934. The van der Waals surface area contributed by atoms with Gasteiger partial charge in [0.25, 0.3) is 0 Å². The molecule has 7 nitrogen and oxygen atoms in total. The molecule has 33 heavy (non-hydrogen) atoms. The summed E-state index contributed by atoms with van der Waals surface area (Å²) in [6, 6.07) is 10.8. The Labute approximate surface area is 204 Å². The molecule has 4 N–H and O–H groups in total. The summed E-state index contributed by atoms with van der Waals surface area (Å²) >= 11 is 12.2. The summed E-state index contributed by atoms with van der Waals surface area (Å²) < 4.78 is 11.2. The second-order valence-corrected chi connectivity index (χ2v) is 9.05. The van der Waals surface area contributed by atoms with Crippen LogP contribution in [0.3, 0.4) is 0 Å². The second-order valence-electron chi connectivity index (χ2n) is 8.20. The van der Waals surface area contributed by atoms with Crippen molar-refractivity contribution in [3.8, 4) is 11.5 Å². The standard InChI is InChI=1S/C24H31Cl2N3O4/c1-16(30)29-20-14-19(26)21(32-2)15-22(20)33-12-11-28-23(24(31)7-9-27-10-8-24)13-17-3-5-18(25)6-4-17/h3-6,14-15,23,27-28,31H,7-13H2,1-2H3,(H,29,30). The van der Waals surface area contributed by atoms with Crippen molar-refractivity contribution in [1.82, 2.24) is 10.6 Å². The highest BCUT2D eigenvalue weighted by Crippen LogP contribution is 2.36. The van der Waals surface area contributed by atoms with Gasteiger partial charge in [-0.25, -0.2) is 0 Å².